The fourth-order valence-corrected chi connectivity index (χ4v) is 2.73. The molecule has 0 saturated heterocycles. The van der Waals surface area contributed by atoms with E-state index in [4.69, 9.17) is 0 Å². The summed E-state index contributed by atoms with van der Waals surface area (Å²) >= 11 is 0. The Labute approximate surface area is 139 Å². The molecule has 118 valence electrons. The van der Waals surface area contributed by atoms with Gasteiger partial charge in [0, 0.05) is 17.3 Å². The SMILES string of the molecule is CC(c1ccc(-n2cnnc2)cc1)c1ccc(-n2cnnc2)cc1. The first-order chi connectivity index (χ1) is 11.8. The van der Waals surface area contributed by atoms with Gasteiger partial charge in [0.25, 0.3) is 0 Å². The van der Waals surface area contributed by atoms with Crippen LogP contribution in [-0.4, -0.2) is 29.5 Å². The lowest BCUT2D eigenvalue weighted by Gasteiger charge is -2.14. The standard InChI is InChI=1S/C18H16N6/c1-14(15-2-6-17(7-3-15)23-10-19-20-11-23)16-4-8-18(9-5-16)24-12-21-22-13-24/h2-14H,1H3. The summed E-state index contributed by atoms with van der Waals surface area (Å²) < 4.78 is 3.78. The van der Waals surface area contributed by atoms with Crippen molar-refractivity contribution in [2.45, 2.75) is 12.8 Å². The highest BCUT2D eigenvalue weighted by Gasteiger charge is 2.09. The van der Waals surface area contributed by atoms with E-state index in [9.17, 15) is 0 Å². The van der Waals surface area contributed by atoms with Crippen LogP contribution in [0.5, 0.6) is 0 Å². The molecule has 0 spiro atoms. The Kier molecular flexibility index (Phi) is 3.63. The van der Waals surface area contributed by atoms with Crippen LogP contribution in [0, 0.1) is 0 Å². The number of hydrogen-bond donors (Lipinski definition) is 0. The Morgan fingerprint density at radius 2 is 0.917 bits per heavy atom. The summed E-state index contributed by atoms with van der Waals surface area (Å²) in [6.45, 7) is 2.21. The van der Waals surface area contributed by atoms with Crippen LogP contribution < -0.4 is 0 Å². The van der Waals surface area contributed by atoms with E-state index in [0.29, 0.717) is 5.92 Å². The van der Waals surface area contributed by atoms with E-state index < -0.39 is 0 Å². The van der Waals surface area contributed by atoms with Crippen LogP contribution in [0.25, 0.3) is 11.4 Å². The first kappa shape index (κ1) is 14.3. The largest absolute Gasteiger partial charge is 0.288 e. The Morgan fingerprint density at radius 3 is 1.25 bits per heavy atom. The molecule has 0 fully saturated rings. The Hall–Kier alpha value is -3.28. The molecule has 2 heterocycles. The zero-order chi connectivity index (χ0) is 16.4. The van der Waals surface area contributed by atoms with Crippen LogP contribution in [0.15, 0.2) is 73.8 Å². The summed E-state index contributed by atoms with van der Waals surface area (Å²) in [5.41, 5.74) is 4.64. The molecule has 4 rings (SSSR count). The second-order valence-corrected chi connectivity index (χ2v) is 5.64. The van der Waals surface area contributed by atoms with Gasteiger partial charge in [0.2, 0.25) is 0 Å². The number of aromatic nitrogens is 6. The molecule has 0 aliphatic carbocycles. The van der Waals surface area contributed by atoms with Gasteiger partial charge in [-0.1, -0.05) is 31.2 Å². The summed E-state index contributed by atoms with van der Waals surface area (Å²) in [5.74, 6) is 0.315. The minimum absolute atomic E-state index is 0.315. The van der Waals surface area contributed by atoms with E-state index in [2.05, 4.69) is 75.8 Å². The fourth-order valence-electron chi connectivity index (χ4n) is 2.73. The molecule has 6 nitrogen and oxygen atoms in total. The molecular weight excluding hydrogens is 300 g/mol. The van der Waals surface area contributed by atoms with Crippen LogP contribution in [0.1, 0.15) is 24.0 Å². The third-order valence-electron chi connectivity index (χ3n) is 4.22. The maximum atomic E-state index is 3.84. The van der Waals surface area contributed by atoms with Crippen molar-refractivity contribution in [3.8, 4) is 11.4 Å². The fraction of sp³-hybridized carbons (Fsp3) is 0.111. The normalized spacial score (nSPS) is 11.1. The van der Waals surface area contributed by atoms with E-state index >= 15 is 0 Å². The predicted molar refractivity (Wildman–Crippen MR) is 90.2 cm³/mol. The Morgan fingerprint density at radius 1 is 0.583 bits per heavy atom. The van der Waals surface area contributed by atoms with Gasteiger partial charge in [0.15, 0.2) is 0 Å². The third-order valence-corrected chi connectivity index (χ3v) is 4.22. The molecule has 0 N–H and O–H groups in total. The lowest BCUT2D eigenvalue weighted by atomic mass is 9.93. The molecule has 2 aromatic heterocycles. The van der Waals surface area contributed by atoms with E-state index in [-0.39, 0.29) is 0 Å². The van der Waals surface area contributed by atoms with Gasteiger partial charge >= 0.3 is 0 Å². The zero-order valence-electron chi connectivity index (χ0n) is 13.2. The van der Waals surface area contributed by atoms with Crippen molar-refractivity contribution >= 4 is 0 Å². The Balaban J connectivity index is 1.56. The molecule has 0 amide bonds. The second-order valence-electron chi connectivity index (χ2n) is 5.64. The summed E-state index contributed by atoms with van der Waals surface area (Å²) in [6.07, 6.45) is 6.79. The van der Waals surface area contributed by atoms with E-state index in [1.165, 1.54) is 11.1 Å². The molecule has 2 aromatic carbocycles. The van der Waals surface area contributed by atoms with Gasteiger partial charge in [0.1, 0.15) is 25.3 Å². The highest BCUT2D eigenvalue weighted by Crippen LogP contribution is 2.25. The topological polar surface area (TPSA) is 61.4 Å². The molecule has 4 aromatic rings. The lowest BCUT2D eigenvalue weighted by molar-refractivity contribution is 0.916. The minimum Gasteiger partial charge on any atom is -0.288 e. The maximum Gasteiger partial charge on any atom is 0.123 e. The molecule has 0 unspecified atom stereocenters. The average Bonchev–Trinajstić information content (AvgIpc) is 3.35. The number of hydrogen-bond acceptors (Lipinski definition) is 4. The molecule has 0 bridgehead atoms. The van der Waals surface area contributed by atoms with Crippen molar-refractivity contribution < 1.29 is 0 Å². The third kappa shape index (κ3) is 2.69. The molecule has 24 heavy (non-hydrogen) atoms. The number of benzene rings is 2. The lowest BCUT2D eigenvalue weighted by Crippen LogP contribution is -1.98. The van der Waals surface area contributed by atoms with Crippen molar-refractivity contribution in [3.63, 3.8) is 0 Å². The molecule has 0 radical (unpaired) electrons. The van der Waals surface area contributed by atoms with Crippen molar-refractivity contribution in [3.05, 3.63) is 85.0 Å². The van der Waals surface area contributed by atoms with Crippen molar-refractivity contribution in [2.75, 3.05) is 0 Å². The zero-order valence-corrected chi connectivity index (χ0v) is 13.2. The monoisotopic (exact) mass is 316 g/mol. The second kappa shape index (κ2) is 6.08. The van der Waals surface area contributed by atoms with Gasteiger partial charge in [-0.25, -0.2) is 0 Å². The van der Waals surface area contributed by atoms with Gasteiger partial charge in [0.05, 0.1) is 0 Å². The summed E-state index contributed by atoms with van der Waals surface area (Å²) in [7, 11) is 0. The van der Waals surface area contributed by atoms with Crippen LogP contribution >= 0.6 is 0 Å². The molecule has 6 heteroatoms. The van der Waals surface area contributed by atoms with E-state index in [1.807, 2.05) is 9.13 Å². The molecule has 0 aliphatic heterocycles. The highest BCUT2D eigenvalue weighted by molar-refractivity contribution is 5.41. The molecule has 0 atom stereocenters. The first-order valence-electron chi connectivity index (χ1n) is 7.71. The van der Waals surface area contributed by atoms with E-state index in [0.717, 1.165) is 11.4 Å². The van der Waals surface area contributed by atoms with Crippen LogP contribution in [0.2, 0.25) is 0 Å². The molecular formula is C18H16N6. The number of nitrogens with zero attached hydrogens (tertiary/aromatic N) is 6. The first-order valence-corrected chi connectivity index (χ1v) is 7.71. The van der Waals surface area contributed by atoms with Crippen LogP contribution in [0.3, 0.4) is 0 Å². The van der Waals surface area contributed by atoms with Gasteiger partial charge in [-0.05, 0) is 35.4 Å². The molecule has 0 aliphatic rings. The molecule has 0 saturated carbocycles. The summed E-state index contributed by atoms with van der Waals surface area (Å²) in [5, 5.41) is 15.3. The highest BCUT2D eigenvalue weighted by atomic mass is 15.2. The van der Waals surface area contributed by atoms with Crippen LogP contribution in [0.4, 0.5) is 0 Å². The summed E-state index contributed by atoms with van der Waals surface area (Å²) in [6, 6.07) is 16.9. The quantitative estimate of drug-likeness (QED) is 0.580. The van der Waals surface area contributed by atoms with E-state index in [1.54, 1.807) is 25.3 Å². The van der Waals surface area contributed by atoms with Crippen molar-refractivity contribution in [2.24, 2.45) is 0 Å². The van der Waals surface area contributed by atoms with Gasteiger partial charge in [-0.3, -0.25) is 9.13 Å². The maximum absolute atomic E-state index is 3.84. The minimum atomic E-state index is 0.315. The summed E-state index contributed by atoms with van der Waals surface area (Å²) in [4.78, 5) is 0. The van der Waals surface area contributed by atoms with Gasteiger partial charge in [-0.2, -0.15) is 0 Å². The van der Waals surface area contributed by atoms with Crippen molar-refractivity contribution in [1.29, 1.82) is 0 Å². The number of rotatable bonds is 4. The predicted octanol–water partition coefficient (Wildman–Crippen LogP) is 3.00. The average molecular weight is 316 g/mol. The smallest absolute Gasteiger partial charge is 0.123 e. The van der Waals surface area contributed by atoms with Crippen molar-refractivity contribution in [1.82, 2.24) is 29.5 Å². The van der Waals surface area contributed by atoms with Gasteiger partial charge < -0.3 is 0 Å². The van der Waals surface area contributed by atoms with Crippen LogP contribution in [-0.2, 0) is 0 Å². The van der Waals surface area contributed by atoms with Gasteiger partial charge in [-0.15, -0.1) is 20.4 Å². The Bertz CT molecular complexity index is 816.